The van der Waals surface area contributed by atoms with Crippen molar-refractivity contribution in [1.29, 1.82) is 0 Å². The summed E-state index contributed by atoms with van der Waals surface area (Å²) < 4.78 is 13.8. The van der Waals surface area contributed by atoms with Gasteiger partial charge >= 0.3 is 0 Å². The Labute approximate surface area is 149 Å². The molecule has 3 atom stereocenters. The largest absolute Gasteiger partial charge is 0.352 e. The zero-order chi connectivity index (χ0) is 18.6. The number of halogens is 1. The van der Waals surface area contributed by atoms with E-state index in [0.717, 1.165) is 19.3 Å². The van der Waals surface area contributed by atoms with Crippen molar-refractivity contribution in [3.05, 3.63) is 35.6 Å². The Morgan fingerprint density at radius 3 is 2.44 bits per heavy atom. The Balaban J connectivity index is 1.99. The molecule has 2 N–H and O–H groups in total. The van der Waals surface area contributed by atoms with Gasteiger partial charge in [-0.15, -0.1) is 0 Å². The van der Waals surface area contributed by atoms with E-state index in [1.165, 1.54) is 18.2 Å². The lowest BCUT2D eigenvalue weighted by atomic mass is 10.0. The fourth-order valence-electron chi connectivity index (χ4n) is 3.25. The molecule has 0 heterocycles. The minimum absolute atomic E-state index is 0.0468. The van der Waals surface area contributed by atoms with Crippen molar-refractivity contribution >= 4 is 11.8 Å². The van der Waals surface area contributed by atoms with Crippen LogP contribution >= 0.6 is 0 Å². The SMILES string of the molecule is CC(C)[C@H](NC(=O)c1ccccc1F)C(=O)N[C@H]1CC[C@@H](N(C)C)C1. The third-order valence-corrected chi connectivity index (χ3v) is 4.84. The Morgan fingerprint density at radius 1 is 1.20 bits per heavy atom. The van der Waals surface area contributed by atoms with Crippen LogP contribution < -0.4 is 10.6 Å². The summed E-state index contributed by atoms with van der Waals surface area (Å²) in [6, 6.07) is 5.67. The average molecular weight is 349 g/mol. The molecule has 0 bridgehead atoms. The number of hydrogen-bond donors (Lipinski definition) is 2. The smallest absolute Gasteiger partial charge is 0.254 e. The van der Waals surface area contributed by atoms with E-state index in [2.05, 4.69) is 15.5 Å². The maximum atomic E-state index is 13.8. The van der Waals surface area contributed by atoms with Crippen molar-refractivity contribution in [2.75, 3.05) is 14.1 Å². The minimum Gasteiger partial charge on any atom is -0.352 e. The molecule has 138 valence electrons. The van der Waals surface area contributed by atoms with Crippen LogP contribution in [0.4, 0.5) is 4.39 Å². The van der Waals surface area contributed by atoms with E-state index in [4.69, 9.17) is 0 Å². The van der Waals surface area contributed by atoms with Gasteiger partial charge in [-0.2, -0.15) is 0 Å². The van der Waals surface area contributed by atoms with E-state index in [9.17, 15) is 14.0 Å². The third-order valence-electron chi connectivity index (χ3n) is 4.84. The van der Waals surface area contributed by atoms with Gasteiger partial charge in [0.15, 0.2) is 0 Å². The Kier molecular flexibility index (Phi) is 6.53. The van der Waals surface area contributed by atoms with Crippen molar-refractivity contribution in [2.45, 2.75) is 51.2 Å². The van der Waals surface area contributed by atoms with Gasteiger partial charge in [0.1, 0.15) is 11.9 Å². The molecule has 2 rings (SSSR count). The van der Waals surface area contributed by atoms with E-state index >= 15 is 0 Å². The number of benzene rings is 1. The number of carbonyl (C=O) groups excluding carboxylic acids is 2. The van der Waals surface area contributed by atoms with E-state index in [1.54, 1.807) is 6.07 Å². The summed E-state index contributed by atoms with van der Waals surface area (Å²) in [5.41, 5.74) is -0.0468. The summed E-state index contributed by atoms with van der Waals surface area (Å²) in [6.45, 7) is 3.73. The van der Waals surface area contributed by atoms with E-state index < -0.39 is 17.8 Å². The lowest BCUT2D eigenvalue weighted by molar-refractivity contribution is -0.124. The maximum Gasteiger partial charge on any atom is 0.254 e. The number of carbonyl (C=O) groups is 2. The van der Waals surface area contributed by atoms with Crippen LogP contribution in [-0.2, 0) is 4.79 Å². The molecule has 1 aliphatic carbocycles. The molecule has 2 amide bonds. The highest BCUT2D eigenvalue weighted by atomic mass is 19.1. The van der Waals surface area contributed by atoms with Gasteiger partial charge in [-0.1, -0.05) is 26.0 Å². The van der Waals surface area contributed by atoms with Crippen LogP contribution in [0.1, 0.15) is 43.5 Å². The van der Waals surface area contributed by atoms with Crippen LogP contribution in [0.5, 0.6) is 0 Å². The molecule has 6 heteroatoms. The maximum absolute atomic E-state index is 13.8. The molecule has 5 nitrogen and oxygen atoms in total. The summed E-state index contributed by atoms with van der Waals surface area (Å²) in [7, 11) is 4.08. The molecular weight excluding hydrogens is 321 g/mol. The predicted molar refractivity (Wildman–Crippen MR) is 95.7 cm³/mol. The summed E-state index contributed by atoms with van der Waals surface area (Å²) in [6.07, 6.45) is 2.89. The average Bonchev–Trinajstić information content (AvgIpc) is 3.01. The van der Waals surface area contributed by atoms with Crippen molar-refractivity contribution in [3.8, 4) is 0 Å². The molecule has 0 aromatic heterocycles. The first-order valence-corrected chi connectivity index (χ1v) is 8.81. The molecule has 1 fully saturated rings. The first-order chi connectivity index (χ1) is 11.8. The number of nitrogens with zero attached hydrogens (tertiary/aromatic N) is 1. The van der Waals surface area contributed by atoms with E-state index in [-0.39, 0.29) is 23.4 Å². The van der Waals surface area contributed by atoms with Crippen molar-refractivity contribution in [2.24, 2.45) is 5.92 Å². The van der Waals surface area contributed by atoms with Gasteiger partial charge in [0.25, 0.3) is 5.91 Å². The molecule has 25 heavy (non-hydrogen) atoms. The first-order valence-electron chi connectivity index (χ1n) is 8.81. The van der Waals surface area contributed by atoms with Gasteiger partial charge in [-0.25, -0.2) is 4.39 Å². The molecule has 1 aliphatic rings. The molecule has 1 aromatic carbocycles. The number of nitrogens with one attached hydrogen (secondary N) is 2. The molecule has 1 aromatic rings. The first kappa shape index (κ1) is 19.4. The Hall–Kier alpha value is -1.95. The Morgan fingerprint density at radius 2 is 1.88 bits per heavy atom. The molecular formula is C19H28FN3O2. The monoisotopic (exact) mass is 349 g/mol. The molecule has 0 saturated heterocycles. The van der Waals surface area contributed by atoms with Crippen LogP contribution in [0, 0.1) is 11.7 Å². The fraction of sp³-hybridized carbons (Fsp3) is 0.579. The van der Waals surface area contributed by atoms with Gasteiger partial charge in [-0.05, 0) is 51.4 Å². The van der Waals surface area contributed by atoms with Crippen LogP contribution in [0.15, 0.2) is 24.3 Å². The quantitative estimate of drug-likeness (QED) is 0.827. The molecule has 1 saturated carbocycles. The zero-order valence-electron chi connectivity index (χ0n) is 15.4. The van der Waals surface area contributed by atoms with Crippen LogP contribution in [0.3, 0.4) is 0 Å². The highest BCUT2D eigenvalue weighted by Crippen LogP contribution is 2.22. The zero-order valence-corrected chi connectivity index (χ0v) is 15.4. The highest BCUT2D eigenvalue weighted by molar-refractivity contribution is 5.97. The molecule has 0 spiro atoms. The van der Waals surface area contributed by atoms with Crippen molar-refractivity contribution in [1.82, 2.24) is 15.5 Å². The predicted octanol–water partition coefficient (Wildman–Crippen LogP) is 2.18. The molecule has 0 unspecified atom stereocenters. The van der Waals surface area contributed by atoms with Gasteiger partial charge in [0.05, 0.1) is 5.56 Å². The van der Waals surface area contributed by atoms with Gasteiger partial charge < -0.3 is 15.5 Å². The van der Waals surface area contributed by atoms with Crippen molar-refractivity contribution < 1.29 is 14.0 Å². The molecule has 0 radical (unpaired) electrons. The van der Waals surface area contributed by atoms with E-state index in [1.807, 2.05) is 27.9 Å². The van der Waals surface area contributed by atoms with Gasteiger partial charge in [-0.3, -0.25) is 9.59 Å². The lowest BCUT2D eigenvalue weighted by Gasteiger charge is -2.24. The fourth-order valence-corrected chi connectivity index (χ4v) is 3.25. The van der Waals surface area contributed by atoms with Gasteiger partial charge in [0.2, 0.25) is 5.91 Å². The molecule has 0 aliphatic heterocycles. The van der Waals surface area contributed by atoms with Crippen LogP contribution in [-0.4, -0.2) is 48.9 Å². The topological polar surface area (TPSA) is 61.4 Å². The van der Waals surface area contributed by atoms with E-state index in [0.29, 0.717) is 6.04 Å². The third kappa shape index (κ3) is 5.01. The normalized spacial score (nSPS) is 21.4. The number of amides is 2. The van der Waals surface area contributed by atoms with Crippen LogP contribution in [0.25, 0.3) is 0 Å². The lowest BCUT2D eigenvalue weighted by Crippen LogP contribution is -2.52. The second-order valence-corrected chi connectivity index (χ2v) is 7.31. The van der Waals surface area contributed by atoms with Crippen LogP contribution in [0.2, 0.25) is 0 Å². The summed E-state index contributed by atoms with van der Waals surface area (Å²) in [4.78, 5) is 27.1. The summed E-state index contributed by atoms with van der Waals surface area (Å²) >= 11 is 0. The number of hydrogen-bond acceptors (Lipinski definition) is 3. The highest BCUT2D eigenvalue weighted by Gasteiger charge is 2.31. The standard InChI is InChI=1S/C19H28FN3O2/c1-12(2)17(22-18(24)15-7-5-6-8-16(15)20)19(25)21-13-9-10-14(11-13)23(3)4/h5-8,12-14,17H,9-11H2,1-4H3,(H,21,25)(H,22,24)/t13-,14+,17-/m0/s1. The number of rotatable bonds is 6. The minimum atomic E-state index is -0.689. The van der Waals surface area contributed by atoms with Crippen molar-refractivity contribution in [3.63, 3.8) is 0 Å². The summed E-state index contributed by atoms with van der Waals surface area (Å²) in [5.74, 6) is -1.46. The summed E-state index contributed by atoms with van der Waals surface area (Å²) in [5, 5.41) is 5.72. The Bertz CT molecular complexity index is 618. The second-order valence-electron chi connectivity index (χ2n) is 7.31. The van der Waals surface area contributed by atoms with Gasteiger partial charge in [0, 0.05) is 12.1 Å². The second kappa shape index (κ2) is 8.43.